The third-order valence-electron chi connectivity index (χ3n) is 8.61. The summed E-state index contributed by atoms with van der Waals surface area (Å²) in [5.74, 6) is 0.885. The third kappa shape index (κ3) is 18.8. The van der Waals surface area contributed by atoms with E-state index in [4.69, 9.17) is 10.8 Å². The van der Waals surface area contributed by atoms with Gasteiger partial charge in [0.1, 0.15) is 22.7 Å². The average Bonchev–Trinajstić information content (AvgIpc) is 2.96. The quantitative estimate of drug-likeness (QED) is 0.0330. The Morgan fingerprint density at radius 2 is 0.700 bits per heavy atom. The highest BCUT2D eigenvalue weighted by Crippen LogP contribution is 2.23. The van der Waals surface area contributed by atoms with Crippen LogP contribution in [0.3, 0.4) is 0 Å². The third-order valence-corrected chi connectivity index (χ3v) is 8.61. The lowest BCUT2D eigenvalue weighted by atomic mass is 9.96. The van der Waals surface area contributed by atoms with Crippen molar-refractivity contribution < 1.29 is 0 Å². The molecule has 0 bridgehead atoms. The van der Waals surface area contributed by atoms with E-state index in [2.05, 4.69) is 48.6 Å². The first-order valence-electron chi connectivity index (χ1n) is 17.4. The molecule has 0 aromatic carbocycles. The zero-order valence-electron chi connectivity index (χ0n) is 27.9. The van der Waals surface area contributed by atoms with Gasteiger partial charge in [0.15, 0.2) is 0 Å². The van der Waals surface area contributed by atoms with Crippen LogP contribution < -0.4 is 10.6 Å². The Bertz CT molecular complexity index is 594. The van der Waals surface area contributed by atoms with E-state index >= 15 is 0 Å². The Morgan fingerprint density at radius 1 is 0.450 bits per heavy atom. The van der Waals surface area contributed by atoms with Crippen molar-refractivity contribution in [2.24, 2.45) is 10.2 Å². The molecule has 0 aliphatic rings. The largest absolute Gasteiger partial charge is 0.372 e. The van der Waals surface area contributed by atoms with Gasteiger partial charge in [-0.25, -0.2) is 0 Å². The molecule has 236 valence electrons. The molecule has 2 atom stereocenters. The summed E-state index contributed by atoms with van der Waals surface area (Å²) in [4.78, 5) is 0. The van der Waals surface area contributed by atoms with Gasteiger partial charge in [0.05, 0.1) is 0 Å². The maximum atomic E-state index is 8.65. The van der Waals surface area contributed by atoms with Crippen LogP contribution in [0.5, 0.6) is 0 Å². The van der Waals surface area contributed by atoms with Gasteiger partial charge in [-0.3, -0.25) is 10.8 Å². The van der Waals surface area contributed by atoms with Gasteiger partial charge < -0.3 is 10.6 Å². The molecule has 6 nitrogen and oxygen atoms in total. The highest BCUT2D eigenvalue weighted by atomic mass is 15.2. The highest BCUT2D eigenvalue weighted by molar-refractivity contribution is 5.89. The predicted octanol–water partition coefficient (Wildman–Crippen LogP) is 10.8. The summed E-state index contributed by atoms with van der Waals surface area (Å²) in [6.45, 7) is 14.3. The van der Waals surface area contributed by atoms with Crippen LogP contribution in [0.4, 0.5) is 0 Å². The number of hydrogen-bond donors (Lipinski definition) is 4. The Hall–Kier alpha value is -1.46. The number of hydrogen-bond acceptors (Lipinski definition) is 4. The van der Waals surface area contributed by atoms with E-state index < -0.39 is 11.1 Å². The molecule has 0 saturated carbocycles. The Morgan fingerprint density at radius 3 is 0.950 bits per heavy atom. The Balaban J connectivity index is 4.30. The molecule has 0 fully saturated rings. The van der Waals surface area contributed by atoms with Crippen molar-refractivity contribution in [2.45, 2.75) is 194 Å². The minimum Gasteiger partial charge on any atom is -0.372 e. The normalized spacial score (nSPS) is 14.7. The lowest BCUT2D eigenvalue weighted by Gasteiger charge is -2.28. The van der Waals surface area contributed by atoms with E-state index in [1.165, 1.54) is 116 Å². The molecule has 2 unspecified atom stereocenters. The van der Waals surface area contributed by atoms with Crippen LogP contribution >= 0.6 is 0 Å². The molecule has 40 heavy (non-hydrogen) atoms. The summed E-state index contributed by atoms with van der Waals surface area (Å²) >= 11 is 0. The van der Waals surface area contributed by atoms with E-state index in [9.17, 15) is 0 Å². The first-order chi connectivity index (χ1) is 19.3. The fraction of sp³-hybridized carbons (Fsp3) is 0.941. The molecule has 0 aliphatic carbocycles. The smallest absolute Gasteiger partial charge is 0.135 e. The second kappa shape index (κ2) is 25.3. The predicted molar refractivity (Wildman–Crippen MR) is 177 cm³/mol. The van der Waals surface area contributed by atoms with Gasteiger partial charge in [0.25, 0.3) is 0 Å². The van der Waals surface area contributed by atoms with Crippen molar-refractivity contribution >= 4 is 11.7 Å². The fourth-order valence-electron chi connectivity index (χ4n) is 4.85. The van der Waals surface area contributed by atoms with Crippen molar-refractivity contribution in [3.8, 4) is 0 Å². The summed E-state index contributed by atoms with van der Waals surface area (Å²) in [6.07, 6.45) is 27.7. The zero-order valence-corrected chi connectivity index (χ0v) is 27.9. The second-order valence-electron chi connectivity index (χ2n) is 12.4. The minimum atomic E-state index is -0.675. The molecule has 6 heteroatoms. The number of rotatable bonds is 28. The van der Waals surface area contributed by atoms with Gasteiger partial charge in [-0.15, -0.1) is 0 Å². The van der Waals surface area contributed by atoms with Gasteiger partial charge in [-0.05, 0) is 39.5 Å². The number of amidine groups is 2. The van der Waals surface area contributed by atoms with Gasteiger partial charge in [0, 0.05) is 13.1 Å². The SMILES string of the molecule is CCCCCCCCCCCCNC(=N)C(C)(CC)/N=N/C(C)(CC)C(=N)NCCCCCCCCCCCC. The monoisotopic (exact) mass is 563 g/mol. The summed E-state index contributed by atoms with van der Waals surface area (Å²) in [7, 11) is 0. The Labute approximate surface area is 250 Å². The highest BCUT2D eigenvalue weighted by Gasteiger charge is 2.32. The molecule has 0 aliphatic heterocycles. The van der Waals surface area contributed by atoms with Gasteiger partial charge in [-0.2, -0.15) is 10.2 Å². The topological polar surface area (TPSA) is 96.5 Å². The minimum absolute atomic E-state index is 0.443. The molecule has 0 aromatic rings. The molecule has 0 radical (unpaired) electrons. The van der Waals surface area contributed by atoms with Crippen LogP contribution in [0, 0.1) is 10.8 Å². The fourth-order valence-corrected chi connectivity index (χ4v) is 4.85. The number of nitrogens with zero attached hydrogens (tertiary/aromatic N) is 2. The van der Waals surface area contributed by atoms with Crippen LogP contribution in [0.2, 0.25) is 0 Å². The van der Waals surface area contributed by atoms with E-state index in [0.717, 1.165) is 25.9 Å². The molecule has 0 aromatic heterocycles. The maximum Gasteiger partial charge on any atom is 0.135 e. The number of unbranched alkanes of at least 4 members (excludes halogenated alkanes) is 18. The summed E-state index contributed by atoms with van der Waals surface area (Å²) in [5, 5.41) is 33.3. The zero-order chi connectivity index (χ0) is 30.0. The van der Waals surface area contributed by atoms with Gasteiger partial charge >= 0.3 is 0 Å². The lowest BCUT2D eigenvalue weighted by molar-refractivity contribution is 0.473. The van der Waals surface area contributed by atoms with Crippen LogP contribution in [0.15, 0.2) is 10.2 Å². The first kappa shape index (κ1) is 38.5. The molecule has 0 amide bonds. The molecule has 0 spiro atoms. The van der Waals surface area contributed by atoms with Gasteiger partial charge in [-0.1, -0.05) is 143 Å². The van der Waals surface area contributed by atoms with Gasteiger partial charge in [0.2, 0.25) is 0 Å². The Kier molecular flexibility index (Phi) is 24.3. The molecule has 4 N–H and O–H groups in total. The molecule has 0 heterocycles. The molecule has 0 saturated heterocycles. The van der Waals surface area contributed by atoms with E-state index in [1.807, 2.05) is 13.8 Å². The first-order valence-corrected chi connectivity index (χ1v) is 17.4. The number of azo groups is 1. The van der Waals surface area contributed by atoms with Crippen LogP contribution in [0.1, 0.15) is 183 Å². The molecule has 0 rings (SSSR count). The van der Waals surface area contributed by atoms with Crippen molar-refractivity contribution in [2.75, 3.05) is 13.1 Å². The summed E-state index contributed by atoms with van der Waals surface area (Å²) < 4.78 is 0. The van der Waals surface area contributed by atoms with E-state index in [0.29, 0.717) is 24.5 Å². The lowest BCUT2D eigenvalue weighted by Crippen LogP contribution is -2.45. The van der Waals surface area contributed by atoms with Crippen LogP contribution in [-0.2, 0) is 0 Å². The molecular weight excluding hydrogens is 492 g/mol. The second-order valence-corrected chi connectivity index (χ2v) is 12.4. The van der Waals surface area contributed by atoms with E-state index in [1.54, 1.807) is 0 Å². The van der Waals surface area contributed by atoms with Crippen molar-refractivity contribution in [3.05, 3.63) is 0 Å². The van der Waals surface area contributed by atoms with Crippen LogP contribution in [0.25, 0.3) is 0 Å². The van der Waals surface area contributed by atoms with E-state index in [-0.39, 0.29) is 0 Å². The average molecular weight is 563 g/mol. The summed E-state index contributed by atoms with van der Waals surface area (Å²) in [5.41, 5.74) is -1.35. The standard InChI is InChI=1S/C34H70N6/c1-7-11-13-15-17-19-21-23-25-27-29-37-31(35)33(5,9-3)39-40-34(6,10-4)32(36)38-30-28-26-24-22-20-18-16-14-12-8-2/h7-30H2,1-6H3,(H2,35,37)(H2,36,38)/b40-39+. The van der Waals surface area contributed by atoms with Crippen LogP contribution in [-0.4, -0.2) is 35.8 Å². The summed E-state index contributed by atoms with van der Waals surface area (Å²) in [6, 6.07) is 0. The molecular formula is C34H70N6. The van der Waals surface area contributed by atoms with Crippen molar-refractivity contribution in [1.29, 1.82) is 10.8 Å². The maximum absolute atomic E-state index is 8.65. The number of nitrogens with one attached hydrogen (secondary N) is 4. The van der Waals surface area contributed by atoms with Crippen molar-refractivity contribution in [3.63, 3.8) is 0 Å². The van der Waals surface area contributed by atoms with Crippen molar-refractivity contribution in [1.82, 2.24) is 10.6 Å².